The second-order valence-electron chi connectivity index (χ2n) is 6.59. The van der Waals surface area contributed by atoms with E-state index in [9.17, 15) is 0 Å². The van der Waals surface area contributed by atoms with Gasteiger partial charge in [-0.2, -0.15) is 13.5 Å². The number of likely N-dealkylation sites (tertiary alicyclic amines) is 1. The molecule has 1 fully saturated rings. The van der Waals surface area contributed by atoms with Crippen molar-refractivity contribution in [3.63, 3.8) is 0 Å². The van der Waals surface area contributed by atoms with Crippen molar-refractivity contribution < 1.29 is 4.74 Å². The maximum atomic E-state index is 5.96. The number of anilines is 1. The molecule has 10 heteroatoms. The number of nitrogens with two attached hydrogens (primary N) is 1. The van der Waals surface area contributed by atoms with E-state index < -0.39 is 0 Å². The van der Waals surface area contributed by atoms with Gasteiger partial charge in [-0.05, 0) is 41.9 Å². The van der Waals surface area contributed by atoms with Crippen molar-refractivity contribution in [1.82, 2.24) is 29.4 Å². The molecular formula is C17H22BrN7OS. The van der Waals surface area contributed by atoms with Crippen LogP contribution in [0.4, 0.5) is 5.82 Å². The van der Waals surface area contributed by atoms with Crippen molar-refractivity contribution in [2.24, 2.45) is 0 Å². The van der Waals surface area contributed by atoms with Gasteiger partial charge in [0.15, 0.2) is 21.7 Å². The van der Waals surface area contributed by atoms with Crippen LogP contribution in [-0.4, -0.2) is 55.6 Å². The number of nitrogens with zero attached hydrogens (tertiary/aromatic N) is 6. The molecular weight excluding hydrogens is 430 g/mol. The van der Waals surface area contributed by atoms with Gasteiger partial charge < -0.3 is 15.4 Å². The molecule has 2 N–H and O–H groups in total. The highest BCUT2D eigenvalue weighted by molar-refractivity contribution is 9.10. The molecule has 0 aliphatic carbocycles. The molecule has 0 spiro atoms. The third kappa shape index (κ3) is 4.17. The Labute approximate surface area is 172 Å². The Kier molecular flexibility index (Phi) is 5.87. The van der Waals surface area contributed by atoms with E-state index in [2.05, 4.69) is 47.8 Å². The Morgan fingerprint density at radius 1 is 1.30 bits per heavy atom. The van der Waals surface area contributed by atoms with Crippen molar-refractivity contribution in [3.05, 3.63) is 34.5 Å². The maximum Gasteiger partial charge on any atom is 0.213 e. The highest BCUT2D eigenvalue weighted by atomic mass is 79.9. The summed E-state index contributed by atoms with van der Waals surface area (Å²) >= 11 is 3.48. The number of fused-ring (bicyclic) bond motifs is 1. The molecule has 4 rings (SSSR count). The van der Waals surface area contributed by atoms with E-state index in [-0.39, 0.29) is 19.6 Å². The zero-order valence-corrected chi connectivity index (χ0v) is 17.8. The molecule has 0 radical (unpaired) electrons. The minimum atomic E-state index is 0. The molecule has 3 aromatic heterocycles. The van der Waals surface area contributed by atoms with E-state index in [4.69, 9.17) is 10.5 Å². The number of imidazole rings is 1. The monoisotopic (exact) mass is 451 g/mol. The minimum absolute atomic E-state index is 0. The summed E-state index contributed by atoms with van der Waals surface area (Å²) in [5.41, 5.74) is 8.29. The lowest BCUT2D eigenvalue weighted by Gasteiger charge is -2.13. The van der Waals surface area contributed by atoms with Crippen LogP contribution in [0.25, 0.3) is 11.2 Å². The van der Waals surface area contributed by atoms with E-state index in [0.29, 0.717) is 40.0 Å². The highest BCUT2D eigenvalue weighted by Gasteiger charge is 2.21. The van der Waals surface area contributed by atoms with Crippen LogP contribution in [0, 0.1) is 6.92 Å². The Morgan fingerprint density at radius 2 is 2.11 bits per heavy atom. The maximum absolute atomic E-state index is 5.96. The topological polar surface area (TPSA) is 95.0 Å². The fourth-order valence-electron chi connectivity index (χ4n) is 3.17. The molecule has 3 aromatic rings. The van der Waals surface area contributed by atoms with E-state index in [1.807, 2.05) is 29.8 Å². The lowest BCUT2D eigenvalue weighted by atomic mass is 10.3. The van der Waals surface area contributed by atoms with Gasteiger partial charge in [-0.3, -0.25) is 4.57 Å². The number of aryl methyl sites for hydroxylation is 1. The zero-order chi connectivity index (χ0) is 18.3. The van der Waals surface area contributed by atoms with Crippen molar-refractivity contribution in [2.45, 2.75) is 26.0 Å². The molecule has 0 bridgehead atoms. The van der Waals surface area contributed by atoms with Crippen LogP contribution in [-0.2, 0) is 6.54 Å². The van der Waals surface area contributed by atoms with Crippen LogP contribution in [0.15, 0.2) is 23.1 Å². The van der Waals surface area contributed by atoms with E-state index in [1.54, 1.807) is 0 Å². The molecule has 27 heavy (non-hydrogen) atoms. The SMILES string of the molecule is Cc1nc(N)c2nc(Br)n(Cc3ccc(O[C@H]4CCN(C)C4)nc3)c2n1.S. The summed E-state index contributed by atoms with van der Waals surface area (Å²) in [4.78, 5) is 19.8. The lowest BCUT2D eigenvalue weighted by Crippen LogP contribution is -2.21. The fraction of sp³-hybridized carbons (Fsp3) is 0.412. The van der Waals surface area contributed by atoms with Gasteiger partial charge in [-0.15, -0.1) is 0 Å². The van der Waals surface area contributed by atoms with E-state index in [0.717, 1.165) is 25.1 Å². The second-order valence-corrected chi connectivity index (χ2v) is 7.30. The fourth-order valence-corrected chi connectivity index (χ4v) is 3.64. The molecule has 1 saturated heterocycles. The third-order valence-electron chi connectivity index (χ3n) is 4.46. The number of likely N-dealkylation sites (N-methyl/N-ethyl adjacent to an activating group) is 1. The van der Waals surface area contributed by atoms with Crippen LogP contribution < -0.4 is 10.5 Å². The predicted molar refractivity (Wildman–Crippen MR) is 112 cm³/mol. The molecule has 0 unspecified atom stereocenters. The van der Waals surface area contributed by atoms with Gasteiger partial charge in [-0.25, -0.2) is 19.9 Å². The first-order valence-corrected chi connectivity index (χ1v) is 9.25. The van der Waals surface area contributed by atoms with Crippen LogP contribution >= 0.6 is 29.4 Å². The zero-order valence-electron chi connectivity index (χ0n) is 15.2. The molecule has 0 amide bonds. The number of rotatable bonds is 4. The Morgan fingerprint density at radius 3 is 2.78 bits per heavy atom. The van der Waals surface area contributed by atoms with Crippen molar-refractivity contribution >= 4 is 46.4 Å². The average molecular weight is 452 g/mol. The van der Waals surface area contributed by atoms with Crippen LogP contribution in [0.2, 0.25) is 0 Å². The van der Waals surface area contributed by atoms with E-state index >= 15 is 0 Å². The summed E-state index contributed by atoms with van der Waals surface area (Å²) in [5, 5.41) is 0. The van der Waals surface area contributed by atoms with Crippen molar-refractivity contribution in [1.29, 1.82) is 0 Å². The van der Waals surface area contributed by atoms with Gasteiger partial charge in [0, 0.05) is 25.4 Å². The summed E-state index contributed by atoms with van der Waals surface area (Å²) in [5.74, 6) is 1.66. The van der Waals surface area contributed by atoms with Gasteiger partial charge in [0.25, 0.3) is 0 Å². The highest BCUT2D eigenvalue weighted by Crippen LogP contribution is 2.24. The molecule has 1 aliphatic rings. The molecule has 1 atom stereocenters. The third-order valence-corrected chi connectivity index (χ3v) is 5.07. The van der Waals surface area contributed by atoms with Gasteiger partial charge in [0.2, 0.25) is 5.88 Å². The normalized spacial score (nSPS) is 17.2. The molecule has 1 aliphatic heterocycles. The number of pyridine rings is 1. The average Bonchev–Trinajstić information content (AvgIpc) is 3.14. The standard InChI is InChI=1S/C17H20BrN7O.H2S/c1-10-21-15(19)14-16(22-10)25(17(18)23-14)8-11-3-4-13(20-7-11)26-12-5-6-24(2)9-12;/h3-4,7,12H,5-6,8-9H2,1-2H3,(H2,19,21,22);1H2/t12-;/m0./s1. The van der Waals surface area contributed by atoms with Gasteiger partial charge in [-0.1, -0.05) is 6.07 Å². The largest absolute Gasteiger partial charge is 0.473 e. The van der Waals surface area contributed by atoms with Crippen molar-refractivity contribution in [2.75, 3.05) is 25.9 Å². The first kappa shape index (κ1) is 19.8. The first-order chi connectivity index (χ1) is 12.5. The number of halogens is 1. The quantitative estimate of drug-likeness (QED) is 0.606. The predicted octanol–water partition coefficient (Wildman–Crippen LogP) is 2.12. The van der Waals surface area contributed by atoms with E-state index in [1.165, 1.54) is 0 Å². The molecule has 0 saturated carbocycles. The van der Waals surface area contributed by atoms with Gasteiger partial charge in [0.05, 0.1) is 6.54 Å². The molecule has 4 heterocycles. The van der Waals surface area contributed by atoms with Crippen LogP contribution in [0.3, 0.4) is 0 Å². The number of hydrogen-bond acceptors (Lipinski definition) is 7. The number of ether oxygens (including phenoxy) is 1. The summed E-state index contributed by atoms with van der Waals surface area (Å²) in [6, 6.07) is 3.92. The summed E-state index contributed by atoms with van der Waals surface area (Å²) in [7, 11) is 2.10. The number of hydrogen-bond donors (Lipinski definition) is 1. The minimum Gasteiger partial charge on any atom is -0.473 e. The lowest BCUT2D eigenvalue weighted by molar-refractivity contribution is 0.200. The van der Waals surface area contributed by atoms with Gasteiger partial charge in [0.1, 0.15) is 11.9 Å². The van der Waals surface area contributed by atoms with Crippen LogP contribution in [0.1, 0.15) is 17.8 Å². The molecule has 8 nitrogen and oxygen atoms in total. The van der Waals surface area contributed by atoms with Crippen LogP contribution in [0.5, 0.6) is 5.88 Å². The van der Waals surface area contributed by atoms with Crippen molar-refractivity contribution in [3.8, 4) is 5.88 Å². The summed E-state index contributed by atoms with van der Waals surface area (Å²) in [6.45, 7) is 4.40. The van der Waals surface area contributed by atoms with Gasteiger partial charge >= 0.3 is 0 Å². The Balaban J connectivity index is 0.00000210. The smallest absolute Gasteiger partial charge is 0.213 e. The Hall–Kier alpha value is -1.91. The molecule has 0 aromatic carbocycles. The second kappa shape index (κ2) is 7.99. The summed E-state index contributed by atoms with van der Waals surface area (Å²) in [6.07, 6.45) is 3.07. The summed E-state index contributed by atoms with van der Waals surface area (Å²) < 4.78 is 8.55. The number of nitrogen functional groups attached to an aromatic ring is 1. The molecule has 144 valence electrons. The number of aromatic nitrogens is 5. The first-order valence-electron chi connectivity index (χ1n) is 8.45. The Bertz CT molecular complexity index is 947.